The van der Waals surface area contributed by atoms with Crippen molar-refractivity contribution in [3.63, 3.8) is 0 Å². The molecule has 0 spiro atoms. The van der Waals surface area contributed by atoms with Crippen LogP contribution in [0, 0.1) is 20.2 Å². The third-order valence-electron chi connectivity index (χ3n) is 4.24. The van der Waals surface area contributed by atoms with Crippen LogP contribution in [-0.4, -0.2) is 56.5 Å². The fourth-order valence-corrected chi connectivity index (χ4v) is 3.20. The molecule has 20 heavy (non-hydrogen) atoms. The molecule has 2 aliphatic rings. The normalized spacial score (nSPS) is 33.4. The lowest BCUT2D eigenvalue weighted by atomic mass is 9.68. The van der Waals surface area contributed by atoms with E-state index in [2.05, 4.69) is 0 Å². The molecule has 1 saturated heterocycles. The molecule has 1 heterocycles. The maximum atomic E-state index is 11.5. The highest BCUT2D eigenvalue weighted by atomic mass is 16.6. The van der Waals surface area contributed by atoms with Gasteiger partial charge in [0.25, 0.3) is 5.54 Å². The smallest absolute Gasteiger partial charge is 0.317 e. The molecule has 2 bridgehead atoms. The molecule has 1 aliphatic heterocycles. The minimum Gasteiger partial charge on any atom is -0.480 e. The molecule has 0 saturated carbocycles. The maximum absolute atomic E-state index is 11.5. The van der Waals surface area contributed by atoms with Gasteiger partial charge in [-0.25, -0.2) is 0 Å². The van der Waals surface area contributed by atoms with Crippen LogP contribution in [0.1, 0.15) is 19.8 Å². The van der Waals surface area contributed by atoms with E-state index in [4.69, 9.17) is 5.11 Å². The first-order valence-corrected chi connectivity index (χ1v) is 6.12. The van der Waals surface area contributed by atoms with E-state index >= 15 is 0 Å². The van der Waals surface area contributed by atoms with Crippen LogP contribution in [0.4, 0.5) is 0 Å². The predicted octanol–water partition coefficient (Wildman–Crippen LogP) is 0.158. The number of carboxylic acids is 1. The van der Waals surface area contributed by atoms with Crippen LogP contribution in [0.25, 0.3) is 0 Å². The second-order valence-corrected chi connectivity index (χ2v) is 5.58. The summed E-state index contributed by atoms with van der Waals surface area (Å²) >= 11 is 0. The van der Waals surface area contributed by atoms with Gasteiger partial charge in [-0.1, -0.05) is 6.08 Å². The zero-order valence-corrected chi connectivity index (χ0v) is 10.9. The molecule has 1 N–H and O–H groups in total. The SMILES string of the molecule is CC1=CC[C@@]2([N+](=O)[O-])CN(CC(=O)O)C[C@@]1([N+](=O)[O-])C2. The van der Waals surface area contributed by atoms with E-state index in [1.165, 1.54) is 4.90 Å². The van der Waals surface area contributed by atoms with Crippen LogP contribution in [0.2, 0.25) is 0 Å². The summed E-state index contributed by atoms with van der Waals surface area (Å²) in [6.45, 7) is 0.964. The number of aliphatic carboxylic acids is 1. The van der Waals surface area contributed by atoms with Crippen LogP contribution < -0.4 is 0 Å². The molecular weight excluding hydrogens is 270 g/mol. The number of carbonyl (C=O) groups is 1. The minimum atomic E-state index is -1.56. The average molecular weight is 285 g/mol. The van der Waals surface area contributed by atoms with Gasteiger partial charge in [-0.15, -0.1) is 0 Å². The van der Waals surface area contributed by atoms with Gasteiger partial charge in [0.2, 0.25) is 5.54 Å². The first kappa shape index (κ1) is 14.4. The third-order valence-corrected chi connectivity index (χ3v) is 4.24. The molecule has 1 aliphatic carbocycles. The van der Waals surface area contributed by atoms with Crippen molar-refractivity contribution in [1.29, 1.82) is 0 Å². The van der Waals surface area contributed by atoms with E-state index in [-0.39, 0.29) is 25.9 Å². The Kier molecular flexibility index (Phi) is 3.24. The van der Waals surface area contributed by atoms with E-state index in [1.807, 2.05) is 0 Å². The lowest BCUT2D eigenvalue weighted by molar-refractivity contribution is -0.621. The number of nitrogens with zero attached hydrogens (tertiary/aromatic N) is 3. The molecule has 0 aromatic rings. The monoisotopic (exact) mass is 285 g/mol. The van der Waals surface area contributed by atoms with Crippen molar-refractivity contribution in [2.45, 2.75) is 30.8 Å². The fraction of sp³-hybridized carbons (Fsp3) is 0.727. The van der Waals surface area contributed by atoms with Crippen molar-refractivity contribution in [2.75, 3.05) is 19.6 Å². The Morgan fingerprint density at radius 2 is 2.05 bits per heavy atom. The Morgan fingerprint density at radius 3 is 2.55 bits per heavy atom. The van der Waals surface area contributed by atoms with Gasteiger partial charge < -0.3 is 5.11 Å². The van der Waals surface area contributed by atoms with E-state index in [0.717, 1.165) is 0 Å². The first-order valence-electron chi connectivity index (χ1n) is 6.12. The number of hydrogen-bond acceptors (Lipinski definition) is 6. The van der Waals surface area contributed by atoms with Crippen molar-refractivity contribution < 1.29 is 19.7 Å². The average Bonchev–Trinajstić information content (AvgIpc) is 2.33. The number of likely N-dealkylation sites (tertiary alicyclic amines) is 1. The van der Waals surface area contributed by atoms with Gasteiger partial charge in [0.15, 0.2) is 0 Å². The van der Waals surface area contributed by atoms with Crippen molar-refractivity contribution in [3.05, 3.63) is 31.9 Å². The summed E-state index contributed by atoms with van der Waals surface area (Å²) in [6.07, 6.45) is 1.46. The number of hydrogen-bond donors (Lipinski definition) is 1. The first-order chi connectivity index (χ1) is 9.22. The largest absolute Gasteiger partial charge is 0.480 e. The number of nitro groups is 2. The molecule has 9 heteroatoms. The van der Waals surface area contributed by atoms with E-state index in [9.17, 15) is 25.0 Å². The third kappa shape index (κ3) is 2.03. The Bertz CT molecular complexity index is 518. The Hall–Kier alpha value is -2.03. The standard InChI is InChI=1S/C11H15N3O6/c1-8-2-3-10(13(17)18)5-11(8,14(19)20)7-12(6-10)4-9(15)16/h2H,3-7H2,1H3,(H,15,16)/t10-,11-/m0/s1. The second kappa shape index (κ2) is 4.51. The molecule has 9 nitrogen and oxygen atoms in total. The van der Waals surface area contributed by atoms with E-state index in [0.29, 0.717) is 5.57 Å². The molecular formula is C11H15N3O6. The number of fused-ring (bicyclic) bond motifs is 2. The number of rotatable bonds is 4. The highest BCUT2D eigenvalue weighted by molar-refractivity contribution is 5.69. The number of piperidine rings is 1. The van der Waals surface area contributed by atoms with Gasteiger partial charge in [-0.3, -0.25) is 29.9 Å². The van der Waals surface area contributed by atoms with E-state index in [1.54, 1.807) is 13.0 Å². The van der Waals surface area contributed by atoms with E-state index < -0.39 is 33.4 Å². The summed E-state index contributed by atoms with van der Waals surface area (Å²) in [5, 5.41) is 31.7. The minimum absolute atomic E-state index is 0.0777. The lowest BCUT2D eigenvalue weighted by Gasteiger charge is -2.45. The summed E-state index contributed by atoms with van der Waals surface area (Å²) in [7, 11) is 0. The van der Waals surface area contributed by atoms with Crippen LogP contribution in [-0.2, 0) is 4.79 Å². The predicted molar refractivity (Wildman–Crippen MR) is 66.5 cm³/mol. The fourth-order valence-electron chi connectivity index (χ4n) is 3.20. The Morgan fingerprint density at radius 1 is 1.40 bits per heavy atom. The maximum Gasteiger partial charge on any atom is 0.317 e. The molecule has 0 radical (unpaired) electrons. The van der Waals surface area contributed by atoms with Gasteiger partial charge in [-0.05, 0) is 6.92 Å². The Balaban J connectivity index is 2.47. The lowest BCUT2D eigenvalue weighted by Crippen LogP contribution is -2.67. The zero-order valence-electron chi connectivity index (χ0n) is 10.9. The highest BCUT2D eigenvalue weighted by Gasteiger charge is 2.64. The quantitative estimate of drug-likeness (QED) is 0.442. The summed E-state index contributed by atoms with van der Waals surface area (Å²) < 4.78 is 0. The topological polar surface area (TPSA) is 127 Å². The summed E-state index contributed by atoms with van der Waals surface area (Å²) in [5.41, 5.74) is -2.56. The van der Waals surface area contributed by atoms with Crippen LogP contribution in [0.3, 0.4) is 0 Å². The molecule has 0 amide bonds. The number of carboxylic acid groups (broad SMARTS) is 1. The van der Waals surface area contributed by atoms with Gasteiger partial charge in [0.1, 0.15) is 0 Å². The Labute approximate surface area is 114 Å². The van der Waals surface area contributed by atoms with Crippen molar-refractivity contribution >= 4 is 5.97 Å². The molecule has 1 fully saturated rings. The zero-order chi connectivity index (χ0) is 15.1. The summed E-state index contributed by atoms with van der Waals surface area (Å²) in [4.78, 5) is 33.9. The highest BCUT2D eigenvalue weighted by Crippen LogP contribution is 2.43. The summed E-state index contributed by atoms with van der Waals surface area (Å²) in [5.74, 6) is -1.15. The molecule has 2 rings (SSSR count). The molecule has 0 aromatic carbocycles. The molecule has 2 atom stereocenters. The van der Waals surface area contributed by atoms with Crippen molar-refractivity contribution in [1.82, 2.24) is 4.90 Å². The van der Waals surface area contributed by atoms with Crippen molar-refractivity contribution in [3.8, 4) is 0 Å². The summed E-state index contributed by atoms with van der Waals surface area (Å²) in [6, 6.07) is 0. The van der Waals surface area contributed by atoms with Crippen molar-refractivity contribution in [2.24, 2.45) is 0 Å². The van der Waals surface area contributed by atoms with Gasteiger partial charge in [-0.2, -0.15) is 0 Å². The van der Waals surface area contributed by atoms with Gasteiger partial charge in [0.05, 0.1) is 26.1 Å². The second-order valence-electron chi connectivity index (χ2n) is 5.58. The molecule has 0 unspecified atom stereocenters. The van der Waals surface area contributed by atoms with Crippen LogP contribution in [0.5, 0.6) is 0 Å². The van der Waals surface area contributed by atoms with Crippen LogP contribution in [0.15, 0.2) is 11.6 Å². The molecule has 110 valence electrons. The molecule has 0 aromatic heterocycles. The van der Waals surface area contributed by atoms with Gasteiger partial charge >= 0.3 is 5.97 Å². The van der Waals surface area contributed by atoms with Gasteiger partial charge in [0, 0.05) is 21.8 Å². The van der Waals surface area contributed by atoms with Crippen LogP contribution >= 0.6 is 0 Å².